The van der Waals surface area contributed by atoms with Crippen molar-refractivity contribution in [2.75, 3.05) is 45.9 Å². The number of ether oxygens (including phenoxy) is 1. The van der Waals surface area contributed by atoms with Crippen LogP contribution in [0.15, 0.2) is 24.5 Å². The first kappa shape index (κ1) is 20.2. The molecule has 0 unspecified atom stereocenters. The molecule has 0 aliphatic carbocycles. The third-order valence-electron chi connectivity index (χ3n) is 5.84. The summed E-state index contributed by atoms with van der Waals surface area (Å²) in [5, 5.41) is 3.10. The van der Waals surface area contributed by atoms with Gasteiger partial charge in [0.2, 0.25) is 5.91 Å². The van der Waals surface area contributed by atoms with Crippen molar-refractivity contribution in [2.24, 2.45) is 5.92 Å². The van der Waals surface area contributed by atoms with E-state index < -0.39 is 0 Å². The van der Waals surface area contributed by atoms with Crippen LogP contribution in [0.4, 0.5) is 0 Å². The molecular formula is C21H34N4O2. The lowest BCUT2D eigenvalue weighted by Gasteiger charge is -2.42. The van der Waals surface area contributed by atoms with Gasteiger partial charge < -0.3 is 15.0 Å². The smallest absolute Gasteiger partial charge is 0.224 e. The Morgan fingerprint density at radius 1 is 1.30 bits per heavy atom. The third-order valence-corrected chi connectivity index (χ3v) is 5.84. The molecule has 0 spiro atoms. The van der Waals surface area contributed by atoms with Crippen LogP contribution in [0.1, 0.15) is 38.2 Å². The molecular weight excluding hydrogens is 340 g/mol. The van der Waals surface area contributed by atoms with E-state index >= 15 is 0 Å². The number of nitrogens with zero attached hydrogens (tertiary/aromatic N) is 3. The lowest BCUT2D eigenvalue weighted by molar-refractivity contribution is -0.127. The Bertz CT molecular complexity index is 561. The first-order chi connectivity index (χ1) is 13.3. The molecule has 6 heteroatoms. The monoisotopic (exact) mass is 374 g/mol. The topological polar surface area (TPSA) is 57.7 Å². The molecule has 150 valence electrons. The van der Waals surface area contributed by atoms with E-state index in [0.29, 0.717) is 12.6 Å². The quantitative estimate of drug-likeness (QED) is 0.705. The van der Waals surface area contributed by atoms with E-state index in [9.17, 15) is 4.79 Å². The molecule has 6 nitrogen and oxygen atoms in total. The van der Waals surface area contributed by atoms with Gasteiger partial charge >= 0.3 is 0 Å². The summed E-state index contributed by atoms with van der Waals surface area (Å²) in [6.45, 7) is 9.63. The highest BCUT2D eigenvalue weighted by molar-refractivity contribution is 5.78. The Morgan fingerprint density at radius 3 is 2.89 bits per heavy atom. The molecule has 0 aromatic carbocycles. The van der Waals surface area contributed by atoms with Gasteiger partial charge in [0.1, 0.15) is 0 Å². The minimum absolute atomic E-state index is 0.117. The molecule has 2 fully saturated rings. The highest BCUT2D eigenvalue weighted by Crippen LogP contribution is 2.24. The fraction of sp³-hybridized carbons (Fsp3) is 0.714. The molecule has 0 radical (unpaired) electrons. The van der Waals surface area contributed by atoms with E-state index in [4.69, 9.17) is 4.74 Å². The van der Waals surface area contributed by atoms with Crippen molar-refractivity contribution in [2.45, 2.75) is 45.2 Å². The van der Waals surface area contributed by atoms with Crippen LogP contribution in [-0.2, 0) is 16.1 Å². The van der Waals surface area contributed by atoms with Crippen LogP contribution >= 0.6 is 0 Å². The van der Waals surface area contributed by atoms with Gasteiger partial charge in [-0.2, -0.15) is 0 Å². The normalized spacial score (nSPS) is 22.6. The standard InChI is InChI=1S/C21H34N4O2/c1-2-27-14-13-24-11-7-20(8-12-24)25-10-4-6-19(17-25)21(26)23-16-18-5-3-9-22-15-18/h3,5,9,15,19-20H,2,4,6-8,10-14,16-17H2,1H3,(H,23,26)/t19-/m0/s1. The van der Waals surface area contributed by atoms with Gasteiger partial charge in [-0.05, 0) is 63.9 Å². The number of hydrogen-bond donors (Lipinski definition) is 1. The van der Waals surface area contributed by atoms with E-state index in [-0.39, 0.29) is 11.8 Å². The van der Waals surface area contributed by atoms with Crippen LogP contribution < -0.4 is 5.32 Å². The molecule has 1 aromatic heterocycles. The Balaban J connectivity index is 1.40. The van der Waals surface area contributed by atoms with E-state index in [2.05, 4.69) is 20.1 Å². The van der Waals surface area contributed by atoms with Crippen LogP contribution in [0, 0.1) is 5.92 Å². The first-order valence-electron chi connectivity index (χ1n) is 10.5. The predicted octanol–water partition coefficient (Wildman–Crippen LogP) is 1.91. The molecule has 1 amide bonds. The SMILES string of the molecule is CCOCCN1CCC(N2CCC[C@H](C(=O)NCc3cccnc3)C2)CC1. The molecule has 0 saturated carbocycles. The van der Waals surface area contributed by atoms with Crippen molar-refractivity contribution in [1.82, 2.24) is 20.1 Å². The predicted molar refractivity (Wildman–Crippen MR) is 106 cm³/mol. The van der Waals surface area contributed by atoms with Crippen molar-refractivity contribution >= 4 is 5.91 Å². The zero-order valence-corrected chi connectivity index (χ0v) is 16.6. The maximum Gasteiger partial charge on any atom is 0.224 e. The molecule has 2 aliphatic rings. The fourth-order valence-electron chi connectivity index (χ4n) is 4.23. The number of carbonyl (C=O) groups is 1. The number of piperidine rings is 2. The number of pyridine rings is 1. The van der Waals surface area contributed by atoms with Crippen LogP contribution in [-0.4, -0.2) is 72.7 Å². The minimum Gasteiger partial charge on any atom is -0.380 e. The summed E-state index contributed by atoms with van der Waals surface area (Å²) < 4.78 is 5.47. The summed E-state index contributed by atoms with van der Waals surface area (Å²) in [7, 11) is 0. The molecule has 2 saturated heterocycles. The number of aromatic nitrogens is 1. The van der Waals surface area contributed by atoms with Gasteiger partial charge in [-0.25, -0.2) is 0 Å². The Hall–Kier alpha value is -1.50. The first-order valence-corrected chi connectivity index (χ1v) is 10.5. The number of nitrogens with one attached hydrogen (secondary N) is 1. The number of hydrogen-bond acceptors (Lipinski definition) is 5. The average Bonchev–Trinajstić information content (AvgIpc) is 2.73. The molecule has 1 atom stereocenters. The third kappa shape index (κ3) is 6.26. The van der Waals surface area contributed by atoms with Gasteiger partial charge in [0, 0.05) is 44.7 Å². The Labute approximate surface area is 163 Å². The minimum atomic E-state index is 0.117. The van der Waals surface area contributed by atoms with Crippen LogP contribution in [0.5, 0.6) is 0 Å². The van der Waals surface area contributed by atoms with Gasteiger partial charge in [0.15, 0.2) is 0 Å². The second-order valence-corrected chi connectivity index (χ2v) is 7.68. The zero-order valence-electron chi connectivity index (χ0n) is 16.6. The lowest BCUT2D eigenvalue weighted by atomic mass is 9.93. The largest absolute Gasteiger partial charge is 0.380 e. The molecule has 0 bridgehead atoms. The van der Waals surface area contributed by atoms with E-state index in [1.807, 2.05) is 25.3 Å². The van der Waals surface area contributed by atoms with Crippen LogP contribution in [0.25, 0.3) is 0 Å². The number of likely N-dealkylation sites (tertiary alicyclic amines) is 2. The molecule has 1 N–H and O–H groups in total. The fourth-order valence-corrected chi connectivity index (χ4v) is 4.23. The van der Waals surface area contributed by atoms with Gasteiger partial charge in [-0.3, -0.25) is 14.7 Å². The van der Waals surface area contributed by atoms with E-state index in [0.717, 1.165) is 64.3 Å². The van der Waals surface area contributed by atoms with Crippen molar-refractivity contribution < 1.29 is 9.53 Å². The molecule has 3 rings (SSSR count). The maximum absolute atomic E-state index is 12.6. The van der Waals surface area contributed by atoms with Gasteiger partial charge in [-0.15, -0.1) is 0 Å². The van der Waals surface area contributed by atoms with Gasteiger partial charge in [-0.1, -0.05) is 6.07 Å². The van der Waals surface area contributed by atoms with E-state index in [1.54, 1.807) is 6.20 Å². The van der Waals surface area contributed by atoms with Gasteiger partial charge in [0.25, 0.3) is 0 Å². The Morgan fingerprint density at radius 2 is 2.15 bits per heavy atom. The molecule has 2 aliphatic heterocycles. The lowest BCUT2D eigenvalue weighted by Crippen LogP contribution is -2.51. The highest BCUT2D eigenvalue weighted by atomic mass is 16.5. The van der Waals surface area contributed by atoms with Crippen molar-refractivity contribution in [3.63, 3.8) is 0 Å². The van der Waals surface area contributed by atoms with Crippen molar-refractivity contribution in [1.29, 1.82) is 0 Å². The second kappa shape index (κ2) is 10.7. The zero-order chi connectivity index (χ0) is 18.9. The second-order valence-electron chi connectivity index (χ2n) is 7.68. The molecule has 1 aromatic rings. The number of amides is 1. The van der Waals surface area contributed by atoms with Crippen LogP contribution in [0.3, 0.4) is 0 Å². The summed E-state index contributed by atoms with van der Waals surface area (Å²) in [5.74, 6) is 0.309. The van der Waals surface area contributed by atoms with Crippen molar-refractivity contribution in [3.05, 3.63) is 30.1 Å². The Kier molecular flexibility index (Phi) is 8.05. The van der Waals surface area contributed by atoms with Crippen molar-refractivity contribution in [3.8, 4) is 0 Å². The number of carbonyl (C=O) groups excluding carboxylic acids is 1. The molecule has 27 heavy (non-hydrogen) atoms. The summed E-state index contributed by atoms with van der Waals surface area (Å²) in [6, 6.07) is 4.53. The summed E-state index contributed by atoms with van der Waals surface area (Å²) >= 11 is 0. The summed E-state index contributed by atoms with van der Waals surface area (Å²) in [4.78, 5) is 21.8. The highest BCUT2D eigenvalue weighted by Gasteiger charge is 2.31. The van der Waals surface area contributed by atoms with Gasteiger partial charge in [0.05, 0.1) is 12.5 Å². The van der Waals surface area contributed by atoms with Crippen LogP contribution in [0.2, 0.25) is 0 Å². The number of rotatable bonds is 8. The summed E-state index contributed by atoms with van der Waals surface area (Å²) in [5.41, 5.74) is 1.05. The van der Waals surface area contributed by atoms with E-state index in [1.165, 1.54) is 12.8 Å². The summed E-state index contributed by atoms with van der Waals surface area (Å²) in [6.07, 6.45) is 8.10. The maximum atomic E-state index is 12.6. The average molecular weight is 375 g/mol. The molecule has 3 heterocycles.